The van der Waals surface area contributed by atoms with Crippen LogP contribution in [0.25, 0.3) is 11.3 Å². The number of halogens is 1. The Bertz CT molecular complexity index is 585. The lowest BCUT2D eigenvalue weighted by atomic mass is 10.1. The van der Waals surface area contributed by atoms with Gasteiger partial charge in [-0.1, -0.05) is 35.0 Å². The smallest absolute Gasteiger partial charge is 0.151 e. The van der Waals surface area contributed by atoms with E-state index in [1.807, 2.05) is 6.07 Å². The summed E-state index contributed by atoms with van der Waals surface area (Å²) in [5.74, 6) is 0.878. The van der Waals surface area contributed by atoms with Crippen LogP contribution in [0.4, 0.5) is 0 Å². The highest BCUT2D eigenvalue weighted by Crippen LogP contribution is 2.20. The maximum Gasteiger partial charge on any atom is 0.151 e. The summed E-state index contributed by atoms with van der Waals surface area (Å²) < 4.78 is 11.0. The number of ether oxygens (including phenoxy) is 1. The molecule has 1 fully saturated rings. The molecular formula is C16H22ClN3O2. The summed E-state index contributed by atoms with van der Waals surface area (Å²) in [6, 6.07) is 10.3. The average molecular weight is 324 g/mol. The Hall–Kier alpha value is -1.40. The van der Waals surface area contributed by atoms with Crippen LogP contribution >= 0.6 is 12.4 Å². The Balaban J connectivity index is 0.00000176. The van der Waals surface area contributed by atoms with E-state index in [9.17, 15) is 0 Å². The van der Waals surface area contributed by atoms with E-state index < -0.39 is 0 Å². The number of benzene rings is 1. The first-order valence-electron chi connectivity index (χ1n) is 7.31. The van der Waals surface area contributed by atoms with Gasteiger partial charge in [-0.15, -0.1) is 12.4 Å². The molecule has 0 amide bonds. The maximum absolute atomic E-state index is 5.66. The molecule has 1 aliphatic heterocycles. The second-order valence-electron chi connectivity index (χ2n) is 5.51. The Labute approximate surface area is 136 Å². The number of aryl methyl sites for hydroxylation is 1. The van der Waals surface area contributed by atoms with E-state index in [4.69, 9.17) is 15.0 Å². The van der Waals surface area contributed by atoms with Crippen molar-refractivity contribution in [2.75, 3.05) is 26.2 Å². The van der Waals surface area contributed by atoms with Crippen molar-refractivity contribution in [1.29, 1.82) is 0 Å². The van der Waals surface area contributed by atoms with Crippen LogP contribution in [0.3, 0.4) is 0 Å². The summed E-state index contributed by atoms with van der Waals surface area (Å²) in [5, 5.41) is 4.16. The van der Waals surface area contributed by atoms with Crippen molar-refractivity contribution >= 4 is 12.4 Å². The topological polar surface area (TPSA) is 64.5 Å². The van der Waals surface area contributed by atoms with Crippen LogP contribution < -0.4 is 5.73 Å². The number of rotatable bonds is 4. The van der Waals surface area contributed by atoms with E-state index in [1.54, 1.807) is 0 Å². The highest BCUT2D eigenvalue weighted by Gasteiger charge is 2.20. The second kappa shape index (κ2) is 7.74. The molecule has 2 aromatic rings. The normalized spacial score (nSPS) is 18.9. The van der Waals surface area contributed by atoms with Gasteiger partial charge in [0.2, 0.25) is 0 Å². The zero-order valence-corrected chi connectivity index (χ0v) is 13.5. The molecular weight excluding hydrogens is 302 g/mol. The molecule has 1 atom stereocenters. The zero-order chi connectivity index (χ0) is 14.7. The van der Waals surface area contributed by atoms with Gasteiger partial charge >= 0.3 is 0 Å². The maximum atomic E-state index is 5.66. The Kier molecular flexibility index (Phi) is 5.97. The zero-order valence-electron chi connectivity index (χ0n) is 12.7. The lowest BCUT2D eigenvalue weighted by molar-refractivity contribution is -0.0283. The van der Waals surface area contributed by atoms with Crippen molar-refractivity contribution in [2.24, 2.45) is 5.73 Å². The molecule has 120 valence electrons. The SMILES string of the molecule is Cc1ccc(-c2cc(CN3CCOC(CN)C3)on2)cc1.Cl. The van der Waals surface area contributed by atoms with Gasteiger partial charge in [0, 0.05) is 31.3 Å². The van der Waals surface area contributed by atoms with Crippen molar-refractivity contribution in [3.8, 4) is 11.3 Å². The summed E-state index contributed by atoms with van der Waals surface area (Å²) in [7, 11) is 0. The van der Waals surface area contributed by atoms with Gasteiger partial charge in [0.15, 0.2) is 5.76 Å². The minimum Gasteiger partial charge on any atom is -0.374 e. The Morgan fingerprint density at radius 1 is 1.32 bits per heavy atom. The van der Waals surface area contributed by atoms with Crippen molar-refractivity contribution in [3.05, 3.63) is 41.7 Å². The van der Waals surface area contributed by atoms with Gasteiger partial charge in [0.25, 0.3) is 0 Å². The third-order valence-electron chi connectivity index (χ3n) is 3.77. The third kappa shape index (κ3) is 4.08. The van der Waals surface area contributed by atoms with Crippen molar-refractivity contribution in [2.45, 2.75) is 19.6 Å². The van der Waals surface area contributed by atoms with E-state index in [0.717, 1.165) is 43.3 Å². The van der Waals surface area contributed by atoms with E-state index in [2.05, 4.69) is 41.2 Å². The molecule has 0 radical (unpaired) electrons. The molecule has 2 N–H and O–H groups in total. The van der Waals surface area contributed by atoms with Crippen molar-refractivity contribution < 1.29 is 9.26 Å². The molecule has 22 heavy (non-hydrogen) atoms. The van der Waals surface area contributed by atoms with E-state index in [-0.39, 0.29) is 18.5 Å². The fourth-order valence-corrected chi connectivity index (χ4v) is 2.53. The fraction of sp³-hybridized carbons (Fsp3) is 0.438. The predicted octanol–water partition coefficient (Wildman–Crippen LogP) is 2.23. The molecule has 5 nitrogen and oxygen atoms in total. The highest BCUT2D eigenvalue weighted by atomic mass is 35.5. The average Bonchev–Trinajstić information content (AvgIpc) is 2.96. The van der Waals surface area contributed by atoms with Gasteiger partial charge in [-0.05, 0) is 6.92 Å². The number of nitrogens with zero attached hydrogens (tertiary/aromatic N) is 2. The van der Waals surface area contributed by atoms with E-state index in [1.165, 1.54) is 5.56 Å². The number of hydrogen-bond acceptors (Lipinski definition) is 5. The molecule has 1 aromatic carbocycles. The Morgan fingerprint density at radius 3 is 2.82 bits per heavy atom. The number of nitrogens with two attached hydrogens (primary N) is 1. The lowest BCUT2D eigenvalue weighted by Gasteiger charge is -2.31. The van der Waals surface area contributed by atoms with Crippen LogP contribution in [0.15, 0.2) is 34.9 Å². The summed E-state index contributed by atoms with van der Waals surface area (Å²) >= 11 is 0. The van der Waals surface area contributed by atoms with E-state index >= 15 is 0 Å². The third-order valence-corrected chi connectivity index (χ3v) is 3.77. The first kappa shape index (κ1) is 17.0. The first-order valence-corrected chi connectivity index (χ1v) is 7.31. The van der Waals surface area contributed by atoms with Gasteiger partial charge in [0.1, 0.15) is 5.69 Å². The van der Waals surface area contributed by atoms with Crippen LogP contribution in [0, 0.1) is 6.92 Å². The van der Waals surface area contributed by atoms with Gasteiger partial charge in [-0.3, -0.25) is 4.90 Å². The standard InChI is InChI=1S/C16H21N3O2.ClH/c1-12-2-4-13(5-3-12)16-8-14(21-18-16)10-19-6-7-20-15(9-17)11-19;/h2-5,8,15H,6-7,9-11,17H2,1H3;1H. The lowest BCUT2D eigenvalue weighted by Crippen LogP contribution is -2.45. The molecule has 0 aliphatic carbocycles. The fourth-order valence-electron chi connectivity index (χ4n) is 2.53. The van der Waals surface area contributed by atoms with Crippen LogP contribution in [0.5, 0.6) is 0 Å². The molecule has 0 bridgehead atoms. The monoisotopic (exact) mass is 323 g/mol. The summed E-state index contributed by atoms with van der Waals surface area (Å²) in [6.07, 6.45) is 0.123. The van der Waals surface area contributed by atoms with Gasteiger partial charge < -0.3 is 15.0 Å². The predicted molar refractivity (Wildman–Crippen MR) is 88.0 cm³/mol. The largest absolute Gasteiger partial charge is 0.374 e. The van der Waals surface area contributed by atoms with E-state index in [0.29, 0.717) is 6.54 Å². The molecule has 6 heteroatoms. The molecule has 3 rings (SSSR count). The van der Waals surface area contributed by atoms with Crippen LogP contribution in [0.1, 0.15) is 11.3 Å². The first-order chi connectivity index (χ1) is 10.2. The van der Waals surface area contributed by atoms with Crippen molar-refractivity contribution in [3.63, 3.8) is 0 Å². The number of aromatic nitrogens is 1. The molecule has 1 aliphatic rings. The van der Waals surface area contributed by atoms with Crippen LogP contribution in [-0.4, -0.2) is 42.4 Å². The molecule has 0 spiro atoms. The Morgan fingerprint density at radius 2 is 2.09 bits per heavy atom. The quantitative estimate of drug-likeness (QED) is 0.934. The molecule has 1 unspecified atom stereocenters. The van der Waals surface area contributed by atoms with Gasteiger partial charge in [-0.25, -0.2) is 0 Å². The molecule has 0 saturated carbocycles. The second-order valence-corrected chi connectivity index (χ2v) is 5.51. The van der Waals surface area contributed by atoms with Crippen LogP contribution in [-0.2, 0) is 11.3 Å². The summed E-state index contributed by atoms with van der Waals surface area (Å²) in [4.78, 5) is 2.29. The minimum atomic E-state index is 0. The molecule has 1 aromatic heterocycles. The van der Waals surface area contributed by atoms with Gasteiger partial charge in [0.05, 0.1) is 19.3 Å². The highest BCUT2D eigenvalue weighted by molar-refractivity contribution is 5.85. The minimum absolute atomic E-state index is 0. The summed E-state index contributed by atoms with van der Waals surface area (Å²) in [5.41, 5.74) is 8.87. The number of morpholine rings is 1. The molecule has 2 heterocycles. The molecule has 1 saturated heterocycles. The van der Waals surface area contributed by atoms with Crippen molar-refractivity contribution in [1.82, 2.24) is 10.1 Å². The van der Waals surface area contributed by atoms with Gasteiger partial charge in [-0.2, -0.15) is 0 Å². The summed E-state index contributed by atoms with van der Waals surface area (Å²) in [6.45, 7) is 5.85. The number of hydrogen-bond donors (Lipinski definition) is 1. The van der Waals surface area contributed by atoms with Crippen LogP contribution in [0.2, 0.25) is 0 Å².